The van der Waals surface area contributed by atoms with Gasteiger partial charge in [0.1, 0.15) is 11.2 Å². The van der Waals surface area contributed by atoms with Gasteiger partial charge in [0.15, 0.2) is 0 Å². The van der Waals surface area contributed by atoms with Crippen LogP contribution in [0.5, 0.6) is 0 Å². The van der Waals surface area contributed by atoms with Gasteiger partial charge in [0.2, 0.25) is 0 Å². The number of anilines is 3. The minimum Gasteiger partial charge on any atom is -0.456 e. The molecule has 0 saturated carbocycles. The molecule has 0 aliphatic rings. The highest BCUT2D eigenvalue weighted by Gasteiger charge is 2.21. The highest BCUT2D eigenvalue weighted by molar-refractivity contribution is 6.11. The minimum absolute atomic E-state index is 0.867. The average Bonchev–Trinajstić information content (AvgIpc) is 3.53. The van der Waals surface area contributed by atoms with E-state index in [0.717, 1.165) is 44.6 Å². The monoisotopic (exact) mass is 613 g/mol. The van der Waals surface area contributed by atoms with Crippen LogP contribution in [0.3, 0.4) is 0 Å². The second-order valence-electron chi connectivity index (χ2n) is 12.2. The van der Waals surface area contributed by atoms with E-state index < -0.39 is 0 Å². The molecule has 0 aliphatic carbocycles. The molecular formula is C46H31NO. The Bertz CT molecular complexity index is 2530. The quantitative estimate of drug-likeness (QED) is 0.185. The maximum atomic E-state index is 6.49. The molecule has 0 radical (unpaired) electrons. The summed E-state index contributed by atoms with van der Waals surface area (Å²) in [7, 11) is 0. The van der Waals surface area contributed by atoms with Crippen LogP contribution in [0.1, 0.15) is 0 Å². The van der Waals surface area contributed by atoms with Crippen molar-refractivity contribution < 1.29 is 4.42 Å². The van der Waals surface area contributed by atoms with E-state index >= 15 is 0 Å². The van der Waals surface area contributed by atoms with E-state index in [1.165, 1.54) is 38.6 Å². The maximum absolute atomic E-state index is 6.49. The number of hydrogen-bond acceptors (Lipinski definition) is 2. The van der Waals surface area contributed by atoms with Crippen molar-refractivity contribution in [3.05, 3.63) is 188 Å². The lowest BCUT2D eigenvalue weighted by molar-refractivity contribution is 0.669. The lowest BCUT2D eigenvalue weighted by atomic mass is 9.94. The largest absolute Gasteiger partial charge is 0.456 e. The van der Waals surface area contributed by atoms with E-state index in [0.29, 0.717) is 0 Å². The van der Waals surface area contributed by atoms with Gasteiger partial charge in [-0.15, -0.1) is 0 Å². The van der Waals surface area contributed by atoms with Crippen LogP contribution in [-0.4, -0.2) is 0 Å². The summed E-state index contributed by atoms with van der Waals surface area (Å²) in [5.74, 6) is 0. The van der Waals surface area contributed by atoms with Crippen LogP contribution in [0.25, 0.3) is 66.1 Å². The lowest BCUT2D eigenvalue weighted by Crippen LogP contribution is -2.11. The van der Waals surface area contributed by atoms with Crippen LogP contribution in [-0.2, 0) is 0 Å². The van der Waals surface area contributed by atoms with Crippen LogP contribution >= 0.6 is 0 Å². The van der Waals surface area contributed by atoms with Gasteiger partial charge in [-0.25, -0.2) is 0 Å². The normalized spacial score (nSPS) is 11.3. The van der Waals surface area contributed by atoms with Crippen molar-refractivity contribution in [3.8, 4) is 33.4 Å². The van der Waals surface area contributed by atoms with Crippen molar-refractivity contribution >= 4 is 49.8 Å². The molecule has 0 saturated heterocycles. The van der Waals surface area contributed by atoms with Crippen LogP contribution in [0.2, 0.25) is 0 Å². The fourth-order valence-electron chi connectivity index (χ4n) is 6.91. The summed E-state index contributed by atoms with van der Waals surface area (Å²) in [5, 5.41) is 4.66. The Morgan fingerprint density at radius 3 is 1.60 bits per heavy atom. The summed E-state index contributed by atoms with van der Waals surface area (Å²) in [4.78, 5) is 2.35. The minimum atomic E-state index is 0.867. The summed E-state index contributed by atoms with van der Waals surface area (Å²) < 4.78 is 6.49. The Hall–Kier alpha value is -6.38. The van der Waals surface area contributed by atoms with Gasteiger partial charge in [0.25, 0.3) is 0 Å². The van der Waals surface area contributed by atoms with E-state index in [1.807, 2.05) is 12.1 Å². The summed E-state index contributed by atoms with van der Waals surface area (Å²) in [6.45, 7) is 0. The molecule has 1 heterocycles. The van der Waals surface area contributed by atoms with Gasteiger partial charge >= 0.3 is 0 Å². The molecule has 0 aliphatic heterocycles. The zero-order chi connectivity index (χ0) is 31.9. The van der Waals surface area contributed by atoms with Crippen molar-refractivity contribution in [1.29, 1.82) is 0 Å². The van der Waals surface area contributed by atoms with Crippen molar-refractivity contribution in [1.82, 2.24) is 0 Å². The van der Waals surface area contributed by atoms with Gasteiger partial charge in [-0.2, -0.15) is 0 Å². The summed E-state index contributed by atoms with van der Waals surface area (Å²) in [6.07, 6.45) is 0. The predicted molar refractivity (Wildman–Crippen MR) is 202 cm³/mol. The fraction of sp³-hybridized carbons (Fsp3) is 0. The third-order valence-electron chi connectivity index (χ3n) is 9.28. The van der Waals surface area contributed by atoms with E-state index in [9.17, 15) is 0 Å². The SMILES string of the molecule is c1ccc(-c2ccc(-c3ccc(N(c4ccccc4)c4cc5oc6ccccc6c5cc4-c4cccc5ccccc45)cc3)cc2)cc1. The van der Waals surface area contributed by atoms with Crippen LogP contribution < -0.4 is 4.90 Å². The molecule has 0 unspecified atom stereocenters. The zero-order valence-corrected chi connectivity index (χ0v) is 26.3. The predicted octanol–water partition coefficient (Wildman–Crippen LogP) is 13.2. The first-order chi connectivity index (χ1) is 23.8. The Labute approximate surface area is 279 Å². The third kappa shape index (κ3) is 4.92. The highest BCUT2D eigenvalue weighted by atomic mass is 16.3. The molecule has 0 atom stereocenters. The number of hydrogen-bond donors (Lipinski definition) is 0. The van der Waals surface area contributed by atoms with Crippen molar-refractivity contribution in [2.75, 3.05) is 4.90 Å². The first-order valence-electron chi connectivity index (χ1n) is 16.3. The molecule has 2 nitrogen and oxygen atoms in total. The van der Waals surface area contributed by atoms with E-state index in [2.05, 4.69) is 181 Å². The second kappa shape index (κ2) is 11.8. The molecular weight excluding hydrogens is 583 g/mol. The van der Waals surface area contributed by atoms with Gasteiger partial charge < -0.3 is 9.32 Å². The summed E-state index contributed by atoms with van der Waals surface area (Å²) in [6, 6.07) is 66.9. The van der Waals surface area contributed by atoms with Gasteiger partial charge in [-0.1, -0.05) is 146 Å². The van der Waals surface area contributed by atoms with Crippen molar-refractivity contribution in [3.63, 3.8) is 0 Å². The van der Waals surface area contributed by atoms with Crippen LogP contribution in [0, 0.1) is 0 Å². The molecule has 226 valence electrons. The van der Waals surface area contributed by atoms with E-state index in [4.69, 9.17) is 4.42 Å². The van der Waals surface area contributed by atoms with Gasteiger partial charge in [0.05, 0.1) is 5.69 Å². The molecule has 0 fully saturated rings. The molecule has 9 aromatic rings. The second-order valence-corrected chi connectivity index (χ2v) is 12.2. The average molecular weight is 614 g/mol. The first-order valence-corrected chi connectivity index (χ1v) is 16.3. The number of furan rings is 1. The fourth-order valence-corrected chi connectivity index (χ4v) is 6.91. The van der Waals surface area contributed by atoms with Crippen LogP contribution in [0.4, 0.5) is 17.1 Å². The Morgan fingerprint density at radius 1 is 0.333 bits per heavy atom. The zero-order valence-electron chi connectivity index (χ0n) is 26.3. The molecule has 1 aromatic heterocycles. The molecule has 9 rings (SSSR count). The van der Waals surface area contributed by atoms with Crippen molar-refractivity contribution in [2.45, 2.75) is 0 Å². The number of fused-ring (bicyclic) bond motifs is 4. The highest BCUT2D eigenvalue weighted by Crippen LogP contribution is 2.46. The molecule has 0 spiro atoms. The third-order valence-corrected chi connectivity index (χ3v) is 9.28. The number of nitrogens with zero attached hydrogens (tertiary/aromatic N) is 1. The topological polar surface area (TPSA) is 16.4 Å². The Morgan fingerprint density at radius 2 is 0.875 bits per heavy atom. The lowest BCUT2D eigenvalue weighted by Gasteiger charge is -2.28. The Balaban J connectivity index is 1.22. The summed E-state index contributed by atoms with van der Waals surface area (Å²) >= 11 is 0. The molecule has 0 amide bonds. The maximum Gasteiger partial charge on any atom is 0.137 e. The molecule has 0 bridgehead atoms. The Kier molecular flexibility index (Phi) is 6.84. The standard InChI is InChI=1S/C46H31NO/c1-3-12-32(13-4-1)33-22-24-34(25-23-33)35-26-28-38(29-27-35)47(37-16-5-2-6-17-37)44-31-46-43(41-19-9-10-21-45(41)48-46)30-42(44)40-20-11-15-36-14-7-8-18-39(36)40/h1-31H. The molecule has 2 heteroatoms. The molecule has 48 heavy (non-hydrogen) atoms. The summed E-state index contributed by atoms with van der Waals surface area (Å²) in [5.41, 5.74) is 12.1. The molecule has 0 N–H and O–H groups in total. The van der Waals surface area contributed by atoms with E-state index in [-0.39, 0.29) is 0 Å². The van der Waals surface area contributed by atoms with Crippen LogP contribution in [0.15, 0.2) is 192 Å². The first kappa shape index (κ1) is 27.9. The molecule has 8 aromatic carbocycles. The number of benzene rings is 8. The van der Waals surface area contributed by atoms with Gasteiger partial charge in [0, 0.05) is 33.8 Å². The smallest absolute Gasteiger partial charge is 0.137 e. The van der Waals surface area contributed by atoms with Crippen molar-refractivity contribution in [2.24, 2.45) is 0 Å². The number of rotatable bonds is 6. The number of para-hydroxylation sites is 2. The van der Waals surface area contributed by atoms with Gasteiger partial charge in [-0.05, 0) is 75.0 Å². The van der Waals surface area contributed by atoms with Gasteiger partial charge in [-0.3, -0.25) is 0 Å². The van der Waals surface area contributed by atoms with E-state index in [1.54, 1.807) is 0 Å².